The Hall–Kier alpha value is -1.99. The van der Waals surface area contributed by atoms with Crippen molar-refractivity contribution in [2.45, 2.75) is 13.2 Å². The lowest BCUT2D eigenvalue weighted by atomic mass is 10.2. The number of esters is 1. The van der Waals surface area contributed by atoms with Gasteiger partial charge in [-0.1, -0.05) is 22.9 Å². The summed E-state index contributed by atoms with van der Waals surface area (Å²) >= 11 is 5.98. The molecule has 0 aliphatic rings. The first kappa shape index (κ1) is 15.4. The highest BCUT2D eigenvalue weighted by atomic mass is 35.5. The Morgan fingerprint density at radius 1 is 1.43 bits per heavy atom. The molecule has 0 spiro atoms. The molecule has 0 atom stereocenters. The number of carbonyl (C=O) groups is 1. The molecule has 6 nitrogen and oxygen atoms in total. The zero-order chi connectivity index (χ0) is 15.4. The van der Waals surface area contributed by atoms with Crippen LogP contribution in [0.15, 0.2) is 18.2 Å². The van der Waals surface area contributed by atoms with Crippen molar-refractivity contribution in [3.05, 3.63) is 46.0 Å². The molecule has 0 radical (unpaired) electrons. The van der Waals surface area contributed by atoms with Gasteiger partial charge < -0.3 is 9.47 Å². The molecule has 0 aliphatic heterocycles. The van der Waals surface area contributed by atoms with Crippen LogP contribution >= 0.6 is 11.6 Å². The van der Waals surface area contributed by atoms with Crippen molar-refractivity contribution in [3.8, 4) is 0 Å². The van der Waals surface area contributed by atoms with Crippen molar-refractivity contribution in [1.29, 1.82) is 0 Å². The van der Waals surface area contributed by atoms with Crippen LogP contribution in [0.2, 0.25) is 5.02 Å². The first-order valence-electron chi connectivity index (χ1n) is 6.01. The van der Waals surface area contributed by atoms with Gasteiger partial charge >= 0.3 is 5.97 Å². The minimum absolute atomic E-state index is 0.0341. The van der Waals surface area contributed by atoms with Crippen LogP contribution in [0, 0.1) is 5.82 Å². The summed E-state index contributed by atoms with van der Waals surface area (Å²) in [5.74, 6) is -1.09. The number of carbonyl (C=O) groups excluding carboxylic acids is 1. The minimum atomic E-state index is -0.632. The van der Waals surface area contributed by atoms with Gasteiger partial charge in [-0.2, -0.15) is 0 Å². The number of hydrogen-bond acceptors (Lipinski definition) is 5. The van der Waals surface area contributed by atoms with E-state index in [1.54, 1.807) is 6.07 Å². The van der Waals surface area contributed by atoms with Crippen LogP contribution in [0.3, 0.4) is 0 Å². The van der Waals surface area contributed by atoms with Gasteiger partial charge in [0.25, 0.3) is 0 Å². The third kappa shape index (κ3) is 3.20. The predicted octanol–water partition coefficient (Wildman–Crippen LogP) is 2.05. The molecule has 0 aliphatic carbocycles. The van der Waals surface area contributed by atoms with Crippen LogP contribution < -0.4 is 0 Å². The van der Waals surface area contributed by atoms with E-state index in [0.29, 0.717) is 5.69 Å². The van der Waals surface area contributed by atoms with E-state index in [1.807, 2.05) is 0 Å². The molecule has 2 rings (SSSR count). The Bertz CT molecular complexity index is 640. The van der Waals surface area contributed by atoms with E-state index in [1.165, 1.54) is 31.0 Å². The molecule has 0 N–H and O–H groups in total. The molecule has 0 bridgehead atoms. The van der Waals surface area contributed by atoms with E-state index in [4.69, 9.17) is 16.3 Å². The number of benzene rings is 1. The molecule has 0 amide bonds. The Balaban J connectivity index is 2.40. The molecule has 1 aromatic heterocycles. The van der Waals surface area contributed by atoms with Gasteiger partial charge in [-0.25, -0.2) is 13.9 Å². The van der Waals surface area contributed by atoms with Crippen LogP contribution in [-0.2, 0) is 22.6 Å². The van der Waals surface area contributed by atoms with Crippen molar-refractivity contribution in [1.82, 2.24) is 15.0 Å². The van der Waals surface area contributed by atoms with E-state index in [9.17, 15) is 9.18 Å². The Morgan fingerprint density at radius 2 is 2.19 bits per heavy atom. The fourth-order valence-corrected chi connectivity index (χ4v) is 2.05. The third-order valence-electron chi connectivity index (χ3n) is 2.87. The Morgan fingerprint density at radius 3 is 2.81 bits per heavy atom. The van der Waals surface area contributed by atoms with E-state index >= 15 is 0 Å². The number of nitrogens with zero attached hydrogens (tertiary/aromatic N) is 3. The molecular weight excluding hydrogens is 301 g/mol. The number of hydrogen-bond donors (Lipinski definition) is 0. The van der Waals surface area contributed by atoms with Crippen molar-refractivity contribution >= 4 is 17.6 Å². The normalized spacial score (nSPS) is 10.7. The van der Waals surface area contributed by atoms with Crippen LogP contribution in [0.4, 0.5) is 4.39 Å². The number of halogens is 2. The van der Waals surface area contributed by atoms with Gasteiger partial charge in [0.15, 0.2) is 5.69 Å². The number of methoxy groups -OCH3 is 2. The van der Waals surface area contributed by atoms with Gasteiger partial charge in [0.2, 0.25) is 0 Å². The highest BCUT2D eigenvalue weighted by Gasteiger charge is 2.21. The average molecular weight is 314 g/mol. The predicted molar refractivity (Wildman–Crippen MR) is 72.6 cm³/mol. The largest absolute Gasteiger partial charge is 0.464 e. The zero-order valence-corrected chi connectivity index (χ0v) is 12.2. The molecule has 0 saturated heterocycles. The topological polar surface area (TPSA) is 66.2 Å². The number of ether oxygens (including phenoxy) is 2. The second kappa shape index (κ2) is 6.64. The van der Waals surface area contributed by atoms with Crippen LogP contribution in [0.1, 0.15) is 21.7 Å². The van der Waals surface area contributed by atoms with E-state index < -0.39 is 11.8 Å². The molecule has 1 heterocycles. The van der Waals surface area contributed by atoms with Crippen LogP contribution in [0.5, 0.6) is 0 Å². The fraction of sp³-hybridized carbons (Fsp3) is 0.308. The van der Waals surface area contributed by atoms with Crippen LogP contribution in [-0.4, -0.2) is 35.2 Å². The minimum Gasteiger partial charge on any atom is -0.464 e. The molecule has 0 unspecified atom stereocenters. The summed E-state index contributed by atoms with van der Waals surface area (Å²) in [5.41, 5.74) is 0.688. The highest BCUT2D eigenvalue weighted by molar-refractivity contribution is 6.31. The summed E-state index contributed by atoms with van der Waals surface area (Å²) in [7, 11) is 2.71. The van der Waals surface area contributed by atoms with Crippen molar-refractivity contribution in [2.24, 2.45) is 0 Å². The Kier molecular flexibility index (Phi) is 4.87. The SMILES string of the molecule is COCc1c(C(=O)OC)nnn1Cc1c(F)cccc1Cl. The van der Waals surface area contributed by atoms with E-state index in [2.05, 4.69) is 15.0 Å². The van der Waals surface area contributed by atoms with Crippen molar-refractivity contribution in [2.75, 3.05) is 14.2 Å². The monoisotopic (exact) mass is 313 g/mol. The first-order chi connectivity index (χ1) is 10.1. The molecule has 21 heavy (non-hydrogen) atoms. The van der Waals surface area contributed by atoms with E-state index in [0.717, 1.165) is 0 Å². The second-order valence-electron chi connectivity index (χ2n) is 4.17. The maximum absolute atomic E-state index is 13.8. The Labute approximate surface area is 125 Å². The lowest BCUT2D eigenvalue weighted by molar-refractivity contribution is 0.0588. The zero-order valence-electron chi connectivity index (χ0n) is 11.5. The lowest BCUT2D eigenvalue weighted by Crippen LogP contribution is -2.12. The maximum Gasteiger partial charge on any atom is 0.360 e. The molecule has 0 saturated carbocycles. The van der Waals surface area contributed by atoms with Gasteiger partial charge in [-0.15, -0.1) is 5.10 Å². The summed E-state index contributed by atoms with van der Waals surface area (Å²) in [6.45, 7) is 0.123. The second-order valence-corrected chi connectivity index (χ2v) is 4.57. The van der Waals surface area contributed by atoms with E-state index in [-0.39, 0.29) is 29.4 Å². The number of rotatable bonds is 5. The molecule has 112 valence electrons. The third-order valence-corrected chi connectivity index (χ3v) is 3.22. The summed E-state index contributed by atoms with van der Waals surface area (Å²) in [5, 5.41) is 7.87. The number of aromatic nitrogens is 3. The fourth-order valence-electron chi connectivity index (χ4n) is 1.83. The lowest BCUT2D eigenvalue weighted by Gasteiger charge is -2.09. The highest BCUT2D eigenvalue weighted by Crippen LogP contribution is 2.21. The van der Waals surface area contributed by atoms with Crippen LogP contribution in [0.25, 0.3) is 0 Å². The van der Waals surface area contributed by atoms with Gasteiger partial charge in [0, 0.05) is 17.7 Å². The van der Waals surface area contributed by atoms with Crippen molar-refractivity contribution in [3.63, 3.8) is 0 Å². The maximum atomic E-state index is 13.8. The first-order valence-corrected chi connectivity index (χ1v) is 6.38. The summed E-state index contributed by atoms with van der Waals surface area (Å²) < 4.78 is 24.8. The smallest absolute Gasteiger partial charge is 0.360 e. The summed E-state index contributed by atoms with van der Waals surface area (Å²) in [4.78, 5) is 11.6. The average Bonchev–Trinajstić information content (AvgIpc) is 2.86. The molecular formula is C13H13ClFN3O3. The summed E-state index contributed by atoms with van der Waals surface area (Å²) in [6, 6.07) is 4.39. The standard InChI is InChI=1S/C13H13ClFN3O3/c1-20-7-11-12(13(19)21-2)16-17-18(11)6-8-9(14)4-3-5-10(8)15/h3-5H,6-7H2,1-2H3. The molecule has 8 heteroatoms. The van der Waals surface area contributed by atoms with Gasteiger partial charge in [0.1, 0.15) is 5.82 Å². The molecule has 2 aromatic rings. The van der Waals surface area contributed by atoms with Gasteiger partial charge in [-0.3, -0.25) is 0 Å². The quantitative estimate of drug-likeness (QED) is 0.790. The summed E-state index contributed by atoms with van der Waals surface area (Å²) in [6.07, 6.45) is 0. The van der Waals surface area contributed by atoms with Gasteiger partial charge in [-0.05, 0) is 12.1 Å². The molecule has 0 fully saturated rings. The van der Waals surface area contributed by atoms with Crippen molar-refractivity contribution < 1.29 is 18.7 Å². The van der Waals surface area contributed by atoms with Gasteiger partial charge in [0.05, 0.1) is 26.0 Å². The molecule has 1 aromatic carbocycles.